The number of aliphatic hydroxyl groups excluding tert-OH is 1. The Morgan fingerprint density at radius 2 is 1.91 bits per heavy atom. The molecule has 2 aromatic carbocycles. The first-order valence-electron chi connectivity index (χ1n) is 7.39. The molecule has 0 aliphatic rings. The highest BCUT2D eigenvalue weighted by Gasteiger charge is 2.16. The Morgan fingerprint density at radius 3 is 2.57 bits per heavy atom. The van der Waals surface area contributed by atoms with Crippen LogP contribution < -0.4 is 10.1 Å². The molecule has 0 heterocycles. The summed E-state index contributed by atoms with van der Waals surface area (Å²) < 4.78 is 5.04. The molecule has 1 atom stereocenters. The molecule has 0 bridgehead atoms. The van der Waals surface area contributed by atoms with Crippen molar-refractivity contribution in [1.82, 2.24) is 5.32 Å². The third-order valence-corrected chi connectivity index (χ3v) is 3.60. The average molecular weight is 315 g/mol. The molecular weight excluding hydrogens is 294 g/mol. The van der Waals surface area contributed by atoms with Crippen molar-refractivity contribution >= 4 is 5.91 Å². The number of amides is 1. The second-order valence-electron chi connectivity index (χ2n) is 5.36. The minimum Gasteiger partial charge on any atom is -0.504 e. The van der Waals surface area contributed by atoms with Gasteiger partial charge in [-0.2, -0.15) is 0 Å². The summed E-state index contributed by atoms with van der Waals surface area (Å²) in [5.74, 6) is 0.0446. The first kappa shape index (κ1) is 16.8. The Balaban J connectivity index is 1.88. The highest BCUT2D eigenvalue weighted by Crippen LogP contribution is 2.26. The molecule has 0 radical (unpaired) electrons. The normalized spacial score (nSPS) is 11.8. The van der Waals surface area contributed by atoms with Gasteiger partial charge in [-0.3, -0.25) is 4.79 Å². The monoisotopic (exact) mass is 315 g/mol. The van der Waals surface area contributed by atoms with E-state index < -0.39 is 12.0 Å². The summed E-state index contributed by atoms with van der Waals surface area (Å²) in [5.41, 5.74) is 2.56. The maximum Gasteiger partial charge on any atom is 0.253 e. The average Bonchev–Trinajstić information content (AvgIpc) is 2.56. The van der Waals surface area contributed by atoms with E-state index in [-0.39, 0.29) is 5.75 Å². The second kappa shape index (κ2) is 7.65. The number of rotatable bonds is 6. The van der Waals surface area contributed by atoms with Crippen molar-refractivity contribution in [3.63, 3.8) is 0 Å². The standard InChI is InChI=1S/C18H21NO4/c1-12-3-6-14(7-4-12)17(21)18(22)19-10-9-13-5-8-15(20)16(11-13)23-2/h3-8,11,17,20-21H,9-10H2,1-2H3,(H,19,22)/t17-/m1/s1. The van der Waals surface area contributed by atoms with Crippen molar-refractivity contribution in [1.29, 1.82) is 0 Å². The molecule has 5 nitrogen and oxygen atoms in total. The largest absolute Gasteiger partial charge is 0.504 e. The summed E-state index contributed by atoms with van der Waals surface area (Å²) in [6, 6.07) is 12.2. The number of nitrogens with one attached hydrogen (secondary N) is 1. The van der Waals surface area contributed by atoms with Crippen LogP contribution in [0.5, 0.6) is 11.5 Å². The van der Waals surface area contributed by atoms with E-state index in [2.05, 4.69) is 5.32 Å². The van der Waals surface area contributed by atoms with Crippen LogP contribution in [-0.2, 0) is 11.2 Å². The highest BCUT2D eigenvalue weighted by atomic mass is 16.5. The van der Waals surface area contributed by atoms with Gasteiger partial charge >= 0.3 is 0 Å². The van der Waals surface area contributed by atoms with Crippen LogP contribution in [-0.4, -0.2) is 29.8 Å². The number of carbonyl (C=O) groups excluding carboxylic acids is 1. The highest BCUT2D eigenvalue weighted by molar-refractivity contribution is 5.81. The maximum absolute atomic E-state index is 12.0. The molecule has 0 aliphatic carbocycles. The van der Waals surface area contributed by atoms with Gasteiger partial charge in [0.2, 0.25) is 0 Å². The number of aryl methyl sites for hydroxylation is 1. The molecule has 3 N–H and O–H groups in total. The van der Waals surface area contributed by atoms with Gasteiger partial charge in [-0.15, -0.1) is 0 Å². The Bertz CT molecular complexity index is 667. The van der Waals surface area contributed by atoms with Gasteiger partial charge in [0.15, 0.2) is 17.6 Å². The Labute approximate surface area is 135 Å². The third-order valence-electron chi connectivity index (χ3n) is 3.60. The second-order valence-corrected chi connectivity index (χ2v) is 5.36. The first-order chi connectivity index (χ1) is 11.0. The summed E-state index contributed by atoms with van der Waals surface area (Å²) in [5, 5.41) is 22.3. The Morgan fingerprint density at radius 1 is 1.22 bits per heavy atom. The number of ether oxygens (including phenoxy) is 1. The van der Waals surface area contributed by atoms with Crippen LogP contribution in [0.15, 0.2) is 42.5 Å². The number of aromatic hydroxyl groups is 1. The lowest BCUT2D eigenvalue weighted by atomic mass is 10.1. The molecule has 122 valence electrons. The molecule has 0 saturated carbocycles. The summed E-state index contributed by atoms with van der Waals surface area (Å²) in [6.45, 7) is 2.33. The predicted octanol–water partition coefficient (Wildman–Crippen LogP) is 2.10. The maximum atomic E-state index is 12.0. The zero-order chi connectivity index (χ0) is 16.8. The number of hydrogen-bond acceptors (Lipinski definition) is 4. The molecule has 2 rings (SSSR count). The minimum atomic E-state index is -1.18. The van der Waals surface area contributed by atoms with Crippen molar-refractivity contribution in [2.24, 2.45) is 0 Å². The molecule has 0 aliphatic heterocycles. The first-order valence-corrected chi connectivity index (χ1v) is 7.39. The predicted molar refractivity (Wildman–Crippen MR) is 87.5 cm³/mol. The minimum absolute atomic E-state index is 0.0788. The number of phenolic OH excluding ortho intramolecular Hbond substituents is 1. The van der Waals surface area contributed by atoms with Crippen molar-refractivity contribution < 1.29 is 19.7 Å². The third kappa shape index (κ3) is 4.47. The fourth-order valence-corrected chi connectivity index (χ4v) is 2.20. The molecule has 0 saturated heterocycles. The van der Waals surface area contributed by atoms with Gasteiger partial charge in [-0.1, -0.05) is 35.9 Å². The summed E-state index contributed by atoms with van der Waals surface area (Å²) in [7, 11) is 1.48. The fraction of sp³-hybridized carbons (Fsp3) is 0.278. The number of carbonyl (C=O) groups is 1. The summed E-state index contributed by atoms with van der Waals surface area (Å²) in [6.07, 6.45) is -0.604. The lowest BCUT2D eigenvalue weighted by Gasteiger charge is -2.12. The van der Waals surface area contributed by atoms with E-state index in [0.29, 0.717) is 24.3 Å². The van der Waals surface area contributed by atoms with Crippen LogP contribution in [0.1, 0.15) is 22.8 Å². The topological polar surface area (TPSA) is 78.8 Å². The van der Waals surface area contributed by atoms with E-state index in [0.717, 1.165) is 11.1 Å². The number of methoxy groups -OCH3 is 1. The van der Waals surface area contributed by atoms with Gasteiger partial charge in [0.1, 0.15) is 0 Å². The molecule has 0 fully saturated rings. The molecule has 0 aromatic heterocycles. The smallest absolute Gasteiger partial charge is 0.253 e. The van der Waals surface area contributed by atoms with E-state index in [1.54, 1.807) is 30.3 Å². The number of benzene rings is 2. The van der Waals surface area contributed by atoms with E-state index in [1.165, 1.54) is 7.11 Å². The van der Waals surface area contributed by atoms with Crippen LogP contribution >= 0.6 is 0 Å². The van der Waals surface area contributed by atoms with E-state index in [4.69, 9.17) is 4.74 Å². The summed E-state index contributed by atoms with van der Waals surface area (Å²) in [4.78, 5) is 12.0. The van der Waals surface area contributed by atoms with Crippen LogP contribution in [0.25, 0.3) is 0 Å². The lowest BCUT2D eigenvalue weighted by molar-refractivity contribution is -0.129. The van der Waals surface area contributed by atoms with Gasteiger partial charge in [0.05, 0.1) is 7.11 Å². The SMILES string of the molecule is COc1cc(CCNC(=O)[C@H](O)c2ccc(C)cc2)ccc1O. The van der Waals surface area contributed by atoms with Gasteiger partial charge in [0, 0.05) is 6.54 Å². The van der Waals surface area contributed by atoms with Crippen LogP contribution in [0.4, 0.5) is 0 Å². The molecular formula is C18H21NO4. The van der Waals surface area contributed by atoms with Crippen molar-refractivity contribution in [2.45, 2.75) is 19.4 Å². The lowest BCUT2D eigenvalue weighted by Crippen LogP contribution is -2.30. The molecule has 2 aromatic rings. The van der Waals surface area contributed by atoms with E-state index in [1.807, 2.05) is 19.1 Å². The van der Waals surface area contributed by atoms with Gasteiger partial charge in [-0.05, 0) is 36.6 Å². The Hall–Kier alpha value is -2.53. The van der Waals surface area contributed by atoms with Crippen molar-refractivity contribution in [2.75, 3.05) is 13.7 Å². The van der Waals surface area contributed by atoms with E-state index in [9.17, 15) is 15.0 Å². The number of aliphatic hydroxyl groups is 1. The molecule has 0 unspecified atom stereocenters. The van der Waals surface area contributed by atoms with Crippen LogP contribution in [0.3, 0.4) is 0 Å². The van der Waals surface area contributed by atoms with Gasteiger partial charge in [0.25, 0.3) is 5.91 Å². The van der Waals surface area contributed by atoms with Gasteiger partial charge in [-0.25, -0.2) is 0 Å². The Kier molecular flexibility index (Phi) is 5.60. The van der Waals surface area contributed by atoms with Gasteiger partial charge < -0.3 is 20.3 Å². The quantitative estimate of drug-likeness (QED) is 0.763. The van der Waals surface area contributed by atoms with Crippen molar-refractivity contribution in [3.8, 4) is 11.5 Å². The number of phenols is 1. The zero-order valence-corrected chi connectivity index (χ0v) is 13.2. The molecule has 1 amide bonds. The number of hydrogen-bond donors (Lipinski definition) is 3. The summed E-state index contributed by atoms with van der Waals surface area (Å²) >= 11 is 0. The molecule has 0 spiro atoms. The molecule has 5 heteroatoms. The zero-order valence-electron chi connectivity index (χ0n) is 13.2. The fourth-order valence-electron chi connectivity index (χ4n) is 2.20. The van der Waals surface area contributed by atoms with Crippen molar-refractivity contribution in [3.05, 3.63) is 59.2 Å². The van der Waals surface area contributed by atoms with E-state index >= 15 is 0 Å². The van der Waals surface area contributed by atoms with Crippen LogP contribution in [0.2, 0.25) is 0 Å². The van der Waals surface area contributed by atoms with Crippen LogP contribution in [0, 0.1) is 6.92 Å². The molecule has 23 heavy (non-hydrogen) atoms.